The summed E-state index contributed by atoms with van der Waals surface area (Å²) in [6.45, 7) is 3.20. The van der Waals surface area contributed by atoms with Crippen LogP contribution in [0, 0.1) is 0 Å². The van der Waals surface area contributed by atoms with Crippen LogP contribution in [0.2, 0.25) is 0 Å². The normalized spacial score (nSPS) is 12.9. The van der Waals surface area contributed by atoms with Crippen molar-refractivity contribution < 1.29 is 0 Å². The van der Waals surface area contributed by atoms with Gasteiger partial charge in [-0.3, -0.25) is 0 Å². The van der Waals surface area contributed by atoms with Crippen LogP contribution in [-0.4, -0.2) is 6.04 Å². The van der Waals surface area contributed by atoms with Crippen molar-refractivity contribution in [2.24, 2.45) is 0 Å². The molecule has 0 aliphatic rings. The predicted molar refractivity (Wildman–Crippen MR) is 76.3 cm³/mol. The first-order valence-electron chi connectivity index (χ1n) is 5.22. The monoisotopic (exact) mass is 315 g/mol. The van der Waals surface area contributed by atoms with Crippen molar-refractivity contribution in [3.8, 4) is 0 Å². The second-order valence-electron chi connectivity index (χ2n) is 3.82. The SMILES string of the molecule is CC(Cc1ccsc1)NCc1ccc(Br)s1. The lowest BCUT2D eigenvalue weighted by atomic mass is 10.1. The van der Waals surface area contributed by atoms with E-state index in [1.165, 1.54) is 14.2 Å². The van der Waals surface area contributed by atoms with Crippen LogP contribution in [0.5, 0.6) is 0 Å². The maximum Gasteiger partial charge on any atom is 0.0701 e. The summed E-state index contributed by atoms with van der Waals surface area (Å²) in [4.78, 5) is 1.38. The highest BCUT2D eigenvalue weighted by atomic mass is 79.9. The van der Waals surface area contributed by atoms with Gasteiger partial charge in [-0.2, -0.15) is 11.3 Å². The van der Waals surface area contributed by atoms with Gasteiger partial charge in [-0.25, -0.2) is 0 Å². The molecule has 2 rings (SSSR count). The summed E-state index contributed by atoms with van der Waals surface area (Å²) in [6.07, 6.45) is 1.11. The Morgan fingerprint density at radius 2 is 2.25 bits per heavy atom. The Morgan fingerprint density at radius 1 is 1.38 bits per heavy atom. The number of rotatable bonds is 5. The molecule has 2 heterocycles. The molecule has 1 atom stereocenters. The van der Waals surface area contributed by atoms with E-state index >= 15 is 0 Å². The molecule has 86 valence electrons. The van der Waals surface area contributed by atoms with Gasteiger partial charge in [0, 0.05) is 17.5 Å². The first-order valence-corrected chi connectivity index (χ1v) is 7.78. The third-order valence-corrected chi connectivity index (χ3v) is 4.73. The van der Waals surface area contributed by atoms with E-state index in [1.54, 1.807) is 22.7 Å². The number of thiophene rings is 2. The highest BCUT2D eigenvalue weighted by Crippen LogP contribution is 2.21. The highest BCUT2D eigenvalue weighted by Gasteiger charge is 2.04. The van der Waals surface area contributed by atoms with Gasteiger partial charge in [0.2, 0.25) is 0 Å². The summed E-state index contributed by atoms with van der Waals surface area (Å²) < 4.78 is 1.20. The summed E-state index contributed by atoms with van der Waals surface area (Å²) >= 11 is 7.04. The molecule has 0 saturated carbocycles. The Balaban J connectivity index is 1.77. The molecule has 1 unspecified atom stereocenters. The summed E-state index contributed by atoms with van der Waals surface area (Å²) in [7, 11) is 0. The first kappa shape index (κ1) is 12.3. The maximum atomic E-state index is 3.54. The van der Waals surface area contributed by atoms with Gasteiger partial charge in [0.15, 0.2) is 0 Å². The highest BCUT2D eigenvalue weighted by molar-refractivity contribution is 9.11. The predicted octanol–water partition coefficient (Wildman–Crippen LogP) is 4.29. The molecule has 16 heavy (non-hydrogen) atoms. The minimum Gasteiger partial charge on any atom is -0.309 e. The third-order valence-electron chi connectivity index (χ3n) is 2.38. The lowest BCUT2D eigenvalue weighted by Gasteiger charge is -2.11. The van der Waals surface area contributed by atoms with Crippen LogP contribution in [0.4, 0.5) is 0 Å². The molecule has 0 aliphatic carbocycles. The van der Waals surface area contributed by atoms with Crippen LogP contribution in [0.1, 0.15) is 17.4 Å². The average Bonchev–Trinajstić information content (AvgIpc) is 2.87. The topological polar surface area (TPSA) is 12.0 Å². The van der Waals surface area contributed by atoms with Gasteiger partial charge in [0.05, 0.1) is 3.79 Å². The molecule has 0 amide bonds. The van der Waals surface area contributed by atoms with Crippen molar-refractivity contribution in [2.45, 2.75) is 25.9 Å². The Bertz CT molecular complexity index is 422. The van der Waals surface area contributed by atoms with Gasteiger partial charge in [0.1, 0.15) is 0 Å². The summed E-state index contributed by atoms with van der Waals surface area (Å²) in [6, 6.07) is 6.99. The zero-order valence-electron chi connectivity index (χ0n) is 9.07. The molecule has 0 fully saturated rings. The second-order valence-corrected chi connectivity index (χ2v) is 7.15. The minimum atomic E-state index is 0.524. The number of hydrogen-bond acceptors (Lipinski definition) is 3. The van der Waals surface area contributed by atoms with Gasteiger partial charge in [-0.15, -0.1) is 11.3 Å². The van der Waals surface area contributed by atoms with E-state index < -0.39 is 0 Å². The fourth-order valence-electron chi connectivity index (χ4n) is 1.56. The maximum absolute atomic E-state index is 3.54. The van der Waals surface area contributed by atoms with Crippen molar-refractivity contribution in [2.75, 3.05) is 0 Å². The molecule has 0 aliphatic heterocycles. The average molecular weight is 316 g/mol. The molecule has 0 bridgehead atoms. The van der Waals surface area contributed by atoms with E-state index in [0.717, 1.165) is 13.0 Å². The van der Waals surface area contributed by atoms with Crippen molar-refractivity contribution in [1.82, 2.24) is 5.32 Å². The van der Waals surface area contributed by atoms with Gasteiger partial charge < -0.3 is 5.32 Å². The fraction of sp³-hybridized carbons (Fsp3) is 0.333. The van der Waals surface area contributed by atoms with E-state index in [-0.39, 0.29) is 0 Å². The lowest BCUT2D eigenvalue weighted by molar-refractivity contribution is 0.549. The van der Waals surface area contributed by atoms with Crippen LogP contribution in [0.15, 0.2) is 32.7 Å². The number of nitrogens with one attached hydrogen (secondary N) is 1. The quantitative estimate of drug-likeness (QED) is 0.867. The minimum absolute atomic E-state index is 0.524. The largest absolute Gasteiger partial charge is 0.309 e. The summed E-state index contributed by atoms with van der Waals surface area (Å²) in [5.41, 5.74) is 1.43. The van der Waals surface area contributed by atoms with Crippen molar-refractivity contribution in [3.63, 3.8) is 0 Å². The lowest BCUT2D eigenvalue weighted by Crippen LogP contribution is -2.26. The van der Waals surface area contributed by atoms with Gasteiger partial charge in [-0.1, -0.05) is 0 Å². The van der Waals surface area contributed by atoms with Crippen LogP contribution >= 0.6 is 38.6 Å². The first-order chi connectivity index (χ1) is 7.74. The Morgan fingerprint density at radius 3 is 2.88 bits per heavy atom. The van der Waals surface area contributed by atoms with Crippen LogP contribution in [0.3, 0.4) is 0 Å². The van der Waals surface area contributed by atoms with E-state index in [2.05, 4.69) is 57.1 Å². The van der Waals surface area contributed by atoms with Crippen molar-refractivity contribution in [1.29, 1.82) is 0 Å². The van der Waals surface area contributed by atoms with Crippen LogP contribution < -0.4 is 5.32 Å². The third kappa shape index (κ3) is 3.70. The molecular formula is C12H14BrNS2. The zero-order valence-corrected chi connectivity index (χ0v) is 12.3. The van der Waals surface area contributed by atoms with Crippen molar-refractivity contribution in [3.05, 3.63) is 43.2 Å². The molecule has 0 saturated heterocycles. The van der Waals surface area contributed by atoms with Gasteiger partial charge >= 0.3 is 0 Å². The molecule has 0 aromatic carbocycles. The standard InChI is InChI=1S/C12H14BrNS2/c1-9(6-10-4-5-15-8-10)14-7-11-2-3-12(13)16-11/h2-5,8-9,14H,6-7H2,1H3. The Labute approximate surface area is 113 Å². The second kappa shape index (κ2) is 5.96. The van der Waals surface area contributed by atoms with E-state index in [1.807, 2.05) is 0 Å². The zero-order chi connectivity index (χ0) is 11.4. The Kier molecular flexibility index (Phi) is 4.58. The molecule has 2 aromatic rings. The number of halogens is 1. The van der Waals surface area contributed by atoms with Crippen LogP contribution in [-0.2, 0) is 13.0 Å². The molecule has 4 heteroatoms. The fourth-order valence-corrected chi connectivity index (χ4v) is 3.67. The molecule has 0 spiro atoms. The van der Waals surface area contributed by atoms with Gasteiger partial charge in [0.25, 0.3) is 0 Å². The number of hydrogen-bond donors (Lipinski definition) is 1. The van der Waals surface area contributed by atoms with Crippen molar-refractivity contribution >= 4 is 38.6 Å². The molecule has 0 radical (unpaired) electrons. The molecule has 1 N–H and O–H groups in total. The Hall–Kier alpha value is -0.160. The molecular weight excluding hydrogens is 302 g/mol. The summed E-state index contributed by atoms with van der Waals surface area (Å²) in [5, 5.41) is 7.90. The van der Waals surface area contributed by atoms with E-state index in [4.69, 9.17) is 0 Å². The molecule has 1 nitrogen and oxygen atoms in total. The van der Waals surface area contributed by atoms with Crippen LogP contribution in [0.25, 0.3) is 0 Å². The molecule has 2 aromatic heterocycles. The van der Waals surface area contributed by atoms with E-state index in [0.29, 0.717) is 6.04 Å². The summed E-state index contributed by atoms with van der Waals surface area (Å²) in [5.74, 6) is 0. The van der Waals surface area contributed by atoms with Gasteiger partial charge in [-0.05, 0) is 63.8 Å². The van der Waals surface area contributed by atoms with E-state index in [9.17, 15) is 0 Å². The smallest absolute Gasteiger partial charge is 0.0701 e.